The maximum atomic E-state index is 12.8. The van der Waals surface area contributed by atoms with Crippen LogP contribution in [0, 0.1) is 0 Å². The molecule has 326 valence electrons. The van der Waals surface area contributed by atoms with Crippen LogP contribution in [0.1, 0.15) is 240 Å². The molecule has 0 atom stereocenters. The molecule has 0 N–H and O–H groups in total. The Morgan fingerprint density at radius 1 is 0.491 bits per heavy atom. The molecule has 0 bridgehead atoms. The average Bonchev–Trinajstić information content (AvgIpc) is 3.13. The third-order valence-electron chi connectivity index (χ3n) is 10.4. The lowest BCUT2D eigenvalue weighted by molar-refractivity contribution is -0.155. The topological polar surface area (TPSA) is 82.1 Å². The molecule has 0 saturated carbocycles. The molecule has 0 fully saturated rings. The van der Waals surface area contributed by atoms with Crippen molar-refractivity contribution in [1.82, 2.24) is 4.90 Å². The van der Waals surface area contributed by atoms with Crippen LogP contribution in [0.5, 0.6) is 0 Å². The van der Waals surface area contributed by atoms with Gasteiger partial charge in [0.25, 0.3) is 0 Å². The summed E-state index contributed by atoms with van der Waals surface area (Å²) in [5.74, 6) is -0.170. The quantitative estimate of drug-likeness (QED) is 0.0262. The zero-order valence-electron chi connectivity index (χ0n) is 37.0. The molecule has 7 nitrogen and oxygen atoms in total. The molecule has 0 aromatic rings. The first-order valence-electron chi connectivity index (χ1n) is 23.5. The van der Waals surface area contributed by atoms with Crippen LogP contribution >= 0.6 is 15.9 Å². The highest BCUT2D eigenvalue weighted by Crippen LogP contribution is 2.19. The predicted octanol–water partition coefficient (Wildman–Crippen LogP) is 14.0. The Hall–Kier alpha value is -1.15. The van der Waals surface area contributed by atoms with Crippen LogP contribution in [-0.4, -0.2) is 66.1 Å². The van der Waals surface area contributed by atoms with Crippen molar-refractivity contribution in [3.05, 3.63) is 0 Å². The van der Waals surface area contributed by atoms with Crippen LogP contribution in [0.3, 0.4) is 0 Å². The second kappa shape index (κ2) is 39.7. The lowest BCUT2D eigenvalue weighted by Gasteiger charge is -2.22. The standard InChI is InChI=1S/C47H90BrNO6/c1-6-8-10-12-17-25-33-43(34-26-18-13-11-9-7-2)54-45(51)36-28-20-15-23-31-39-49(41-42-53-44(50)35-27-19-14-22-30-38-48)40-32-24-16-21-29-37-46(52)55-47(3,4)5/h43H,6-42H2,1-5H3. The number of carbonyl (C=O) groups excluding carboxylic acids is 3. The Kier molecular flexibility index (Phi) is 38.8. The van der Waals surface area contributed by atoms with Gasteiger partial charge in [0, 0.05) is 31.1 Å². The van der Waals surface area contributed by atoms with Gasteiger partial charge in [-0.1, -0.05) is 152 Å². The summed E-state index contributed by atoms with van der Waals surface area (Å²) in [6.07, 6.45) is 35.2. The number of halogens is 1. The van der Waals surface area contributed by atoms with Gasteiger partial charge in [-0.3, -0.25) is 19.3 Å². The largest absolute Gasteiger partial charge is 0.464 e. The predicted molar refractivity (Wildman–Crippen MR) is 236 cm³/mol. The molecule has 0 aliphatic carbocycles. The number of alkyl halides is 1. The molecule has 0 amide bonds. The normalized spacial score (nSPS) is 11.8. The fraction of sp³-hybridized carbons (Fsp3) is 0.936. The molecule has 55 heavy (non-hydrogen) atoms. The maximum Gasteiger partial charge on any atom is 0.306 e. The molecular formula is C47H90BrNO6. The summed E-state index contributed by atoms with van der Waals surface area (Å²) in [6.45, 7) is 13.5. The molecule has 0 aliphatic rings. The van der Waals surface area contributed by atoms with E-state index in [0.29, 0.717) is 25.9 Å². The number of ether oxygens (including phenoxy) is 3. The molecule has 0 spiro atoms. The van der Waals surface area contributed by atoms with Gasteiger partial charge in [-0.05, 0) is 98.1 Å². The summed E-state index contributed by atoms with van der Waals surface area (Å²) in [5, 5.41) is 1.05. The van der Waals surface area contributed by atoms with Crippen LogP contribution in [0.4, 0.5) is 0 Å². The lowest BCUT2D eigenvalue weighted by Crippen LogP contribution is -2.30. The molecular weight excluding hydrogens is 754 g/mol. The number of unbranched alkanes of at least 4 members (excludes halogenated alkanes) is 22. The summed E-state index contributed by atoms with van der Waals surface area (Å²) >= 11 is 3.48. The zero-order chi connectivity index (χ0) is 40.7. The van der Waals surface area contributed by atoms with Crippen LogP contribution in [-0.2, 0) is 28.6 Å². The van der Waals surface area contributed by atoms with Crippen molar-refractivity contribution in [3.8, 4) is 0 Å². The summed E-state index contributed by atoms with van der Waals surface area (Å²) in [6, 6.07) is 0. The van der Waals surface area contributed by atoms with Crippen molar-refractivity contribution < 1.29 is 28.6 Å². The van der Waals surface area contributed by atoms with Gasteiger partial charge in [0.15, 0.2) is 0 Å². The molecule has 0 aromatic carbocycles. The van der Waals surface area contributed by atoms with Crippen LogP contribution in [0.25, 0.3) is 0 Å². The molecule has 0 heterocycles. The summed E-state index contributed by atoms with van der Waals surface area (Å²) in [7, 11) is 0. The minimum absolute atomic E-state index is 0.00202. The molecule has 0 saturated heterocycles. The number of esters is 3. The second-order valence-electron chi connectivity index (χ2n) is 17.1. The number of carbonyl (C=O) groups is 3. The Bertz CT molecular complexity index is 862. The van der Waals surface area contributed by atoms with E-state index in [9.17, 15) is 14.4 Å². The highest BCUT2D eigenvalue weighted by atomic mass is 79.9. The van der Waals surface area contributed by atoms with E-state index in [1.165, 1.54) is 96.3 Å². The van der Waals surface area contributed by atoms with E-state index in [1.807, 2.05) is 20.8 Å². The fourth-order valence-corrected chi connectivity index (χ4v) is 7.46. The smallest absolute Gasteiger partial charge is 0.306 e. The van der Waals surface area contributed by atoms with Crippen molar-refractivity contribution in [2.75, 3.05) is 31.6 Å². The van der Waals surface area contributed by atoms with E-state index in [0.717, 1.165) is 115 Å². The monoisotopic (exact) mass is 844 g/mol. The molecule has 0 rings (SSSR count). The van der Waals surface area contributed by atoms with Gasteiger partial charge in [0.1, 0.15) is 18.3 Å². The number of hydrogen-bond donors (Lipinski definition) is 0. The SMILES string of the molecule is CCCCCCCCC(CCCCCCCC)OC(=O)CCCCCCCN(CCCCCCCC(=O)OC(C)(C)C)CCOC(=O)CCCCCCCBr. The zero-order valence-corrected chi connectivity index (χ0v) is 38.6. The fourth-order valence-electron chi connectivity index (χ4n) is 7.06. The number of rotatable bonds is 41. The van der Waals surface area contributed by atoms with Gasteiger partial charge in [0.2, 0.25) is 0 Å². The first-order chi connectivity index (χ1) is 26.6. The highest BCUT2D eigenvalue weighted by molar-refractivity contribution is 9.09. The summed E-state index contributed by atoms with van der Waals surface area (Å²) in [4.78, 5) is 39.6. The minimum Gasteiger partial charge on any atom is -0.464 e. The van der Waals surface area contributed by atoms with Crippen LogP contribution in [0.15, 0.2) is 0 Å². The van der Waals surface area contributed by atoms with E-state index in [2.05, 4.69) is 34.7 Å². The first-order valence-corrected chi connectivity index (χ1v) is 24.6. The van der Waals surface area contributed by atoms with Gasteiger partial charge in [-0.15, -0.1) is 0 Å². The third-order valence-corrected chi connectivity index (χ3v) is 10.9. The first kappa shape index (κ1) is 53.9. The van der Waals surface area contributed by atoms with Crippen molar-refractivity contribution in [2.24, 2.45) is 0 Å². The Labute approximate surface area is 349 Å². The number of nitrogens with zero attached hydrogens (tertiary/aromatic N) is 1. The average molecular weight is 845 g/mol. The summed E-state index contributed by atoms with van der Waals surface area (Å²) in [5.41, 5.74) is -0.418. The Balaban J connectivity index is 4.52. The lowest BCUT2D eigenvalue weighted by atomic mass is 10.0. The molecule has 0 aliphatic heterocycles. The van der Waals surface area contributed by atoms with Crippen molar-refractivity contribution in [2.45, 2.75) is 252 Å². The number of hydrogen-bond acceptors (Lipinski definition) is 7. The van der Waals surface area contributed by atoms with E-state index in [1.54, 1.807) is 0 Å². The van der Waals surface area contributed by atoms with E-state index >= 15 is 0 Å². The van der Waals surface area contributed by atoms with Gasteiger partial charge in [-0.25, -0.2) is 0 Å². The van der Waals surface area contributed by atoms with Crippen LogP contribution in [0.2, 0.25) is 0 Å². The van der Waals surface area contributed by atoms with E-state index in [4.69, 9.17) is 14.2 Å². The maximum absolute atomic E-state index is 12.8. The summed E-state index contributed by atoms with van der Waals surface area (Å²) < 4.78 is 17.1. The highest BCUT2D eigenvalue weighted by Gasteiger charge is 2.16. The van der Waals surface area contributed by atoms with Gasteiger partial charge in [-0.2, -0.15) is 0 Å². The van der Waals surface area contributed by atoms with Crippen LogP contribution < -0.4 is 0 Å². The minimum atomic E-state index is -0.418. The van der Waals surface area contributed by atoms with Crippen molar-refractivity contribution in [3.63, 3.8) is 0 Å². The van der Waals surface area contributed by atoms with E-state index < -0.39 is 5.60 Å². The van der Waals surface area contributed by atoms with Gasteiger partial charge < -0.3 is 14.2 Å². The second-order valence-corrected chi connectivity index (χ2v) is 17.9. The molecule has 0 radical (unpaired) electrons. The Morgan fingerprint density at radius 3 is 1.36 bits per heavy atom. The van der Waals surface area contributed by atoms with Gasteiger partial charge >= 0.3 is 17.9 Å². The van der Waals surface area contributed by atoms with E-state index in [-0.39, 0.29) is 24.0 Å². The van der Waals surface area contributed by atoms with Crippen molar-refractivity contribution >= 4 is 33.8 Å². The van der Waals surface area contributed by atoms with Crippen molar-refractivity contribution in [1.29, 1.82) is 0 Å². The molecule has 0 aromatic heterocycles. The third kappa shape index (κ3) is 40.8. The Morgan fingerprint density at radius 2 is 0.891 bits per heavy atom. The molecule has 0 unspecified atom stereocenters. The van der Waals surface area contributed by atoms with Gasteiger partial charge in [0.05, 0.1) is 0 Å². The molecule has 8 heteroatoms.